The lowest BCUT2D eigenvalue weighted by molar-refractivity contribution is 0.137. The molecule has 0 N–H and O–H groups in total. The molecule has 0 saturated heterocycles. The van der Waals surface area contributed by atoms with E-state index in [1.165, 1.54) is 0 Å². The highest BCUT2D eigenvalue weighted by atomic mass is 28.4. The maximum Gasteiger partial charge on any atom is 0.242 e. The summed E-state index contributed by atoms with van der Waals surface area (Å²) in [6, 6.07) is 8.05. The molecule has 1 aliphatic rings. The smallest absolute Gasteiger partial charge is 0.242 e. The predicted octanol–water partition coefficient (Wildman–Crippen LogP) is 4.61. The largest absolute Gasteiger partial charge is 0.544 e. The first-order chi connectivity index (χ1) is 8.83. The Balaban J connectivity index is 2.44. The van der Waals surface area contributed by atoms with Crippen molar-refractivity contribution in [1.82, 2.24) is 0 Å². The van der Waals surface area contributed by atoms with Gasteiger partial charge in [0.25, 0.3) is 0 Å². The van der Waals surface area contributed by atoms with E-state index in [1.807, 2.05) is 24.3 Å². The first kappa shape index (κ1) is 13.9. The Labute approximate surface area is 116 Å². The van der Waals surface area contributed by atoms with Gasteiger partial charge in [-0.15, -0.1) is 6.58 Å². The SMILES string of the molecule is C=CCC1(C)C=C(O[Si](C)(C)C)c2ccccc2O1. The van der Waals surface area contributed by atoms with E-state index in [4.69, 9.17) is 9.16 Å². The average Bonchev–Trinajstić information content (AvgIpc) is 2.26. The van der Waals surface area contributed by atoms with Gasteiger partial charge in [-0.2, -0.15) is 0 Å². The van der Waals surface area contributed by atoms with Crippen LogP contribution in [0.4, 0.5) is 0 Å². The van der Waals surface area contributed by atoms with Gasteiger partial charge in [0.1, 0.15) is 17.1 Å². The molecular formula is C16H22O2Si. The van der Waals surface area contributed by atoms with Crippen LogP contribution in [-0.4, -0.2) is 13.9 Å². The van der Waals surface area contributed by atoms with Crippen LogP contribution in [0.1, 0.15) is 18.9 Å². The van der Waals surface area contributed by atoms with Crippen LogP contribution in [0.15, 0.2) is 43.0 Å². The summed E-state index contributed by atoms with van der Waals surface area (Å²) in [7, 11) is -1.65. The highest BCUT2D eigenvalue weighted by Gasteiger charge is 2.32. The van der Waals surface area contributed by atoms with Crippen molar-refractivity contribution in [2.24, 2.45) is 0 Å². The van der Waals surface area contributed by atoms with Crippen molar-refractivity contribution in [2.75, 3.05) is 0 Å². The van der Waals surface area contributed by atoms with Gasteiger partial charge in [-0.25, -0.2) is 0 Å². The molecular weight excluding hydrogens is 252 g/mol. The van der Waals surface area contributed by atoms with Gasteiger partial charge in [0.05, 0.1) is 5.56 Å². The van der Waals surface area contributed by atoms with E-state index in [9.17, 15) is 0 Å². The van der Waals surface area contributed by atoms with E-state index < -0.39 is 8.32 Å². The Morgan fingerprint density at radius 2 is 2.00 bits per heavy atom. The zero-order chi connectivity index (χ0) is 14.1. The number of fused-ring (bicyclic) bond motifs is 1. The van der Waals surface area contributed by atoms with Crippen molar-refractivity contribution in [3.05, 3.63) is 48.6 Å². The molecule has 19 heavy (non-hydrogen) atoms. The highest BCUT2D eigenvalue weighted by molar-refractivity contribution is 6.70. The molecule has 1 atom stereocenters. The molecule has 3 heteroatoms. The summed E-state index contributed by atoms with van der Waals surface area (Å²) in [6.07, 6.45) is 4.74. The number of para-hydroxylation sites is 1. The summed E-state index contributed by atoms with van der Waals surface area (Å²) in [4.78, 5) is 0. The van der Waals surface area contributed by atoms with E-state index in [2.05, 4.69) is 45.3 Å². The van der Waals surface area contributed by atoms with Crippen molar-refractivity contribution < 1.29 is 9.16 Å². The molecule has 1 aromatic carbocycles. The van der Waals surface area contributed by atoms with Crippen LogP contribution >= 0.6 is 0 Å². The van der Waals surface area contributed by atoms with Gasteiger partial charge in [0.15, 0.2) is 0 Å². The first-order valence-electron chi connectivity index (χ1n) is 6.64. The van der Waals surface area contributed by atoms with Crippen molar-refractivity contribution in [3.63, 3.8) is 0 Å². The van der Waals surface area contributed by atoms with Gasteiger partial charge < -0.3 is 9.16 Å². The normalized spacial score (nSPS) is 22.0. The minimum absolute atomic E-state index is 0.370. The zero-order valence-corrected chi connectivity index (χ0v) is 13.2. The highest BCUT2D eigenvalue weighted by Crippen LogP contribution is 2.39. The fourth-order valence-corrected chi connectivity index (χ4v) is 3.03. The summed E-state index contributed by atoms with van der Waals surface area (Å²) in [6.45, 7) is 12.5. The van der Waals surface area contributed by atoms with Crippen molar-refractivity contribution in [2.45, 2.75) is 38.6 Å². The molecule has 0 saturated carbocycles. The number of ether oxygens (including phenoxy) is 1. The molecule has 1 aromatic rings. The second-order valence-electron chi connectivity index (χ2n) is 6.13. The zero-order valence-electron chi connectivity index (χ0n) is 12.2. The molecule has 0 spiro atoms. The second kappa shape index (κ2) is 4.89. The van der Waals surface area contributed by atoms with Crippen LogP contribution in [0.25, 0.3) is 5.76 Å². The van der Waals surface area contributed by atoms with Crippen LogP contribution in [0, 0.1) is 0 Å². The Morgan fingerprint density at radius 3 is 2.63 bits per heavy atom. The topological polar surface area (TPSA) is 18.5 Å². The molecule has 102 valence electrons. The van der Waals surface area contributed by atoms with Gasteiger partial charge in [0, 0.05) is 12.5 Å². The maximum atomic E-state index is 6.23. The molecule has 1 heterocycles. The Bertz CT molecular complexity index is 514. The Morgan fingerprint density at radius 1 is 1.32 bits per heavy atom. The summed E-state index contributed by atoms with van der Waals surface area (Å²) >= 11 is 0. The summed E-state index contributed by atoms with van der Waals surface area (Å²) in [5, 5.41) is 0. The fourth-order valence-electron chi connectivity index (χ4n) is 2.20. The minimum Gasteiger partial charge on any atom is -0.544 e. The maximum absolute atomic E-state index is 6.23. The summed E-state index contributed by atoms with van der Waals surface area (Å²) < 4.78 is 12.3. The van der Waals surface area contributed by atoms with E-state index >= 15 is 0 Å². The fraction of sp³-hybridized carbons (Fsp3) is 0.375. The van der Waals surface area contributed by atoms with Crippen LogP contribution in [0.2, 0.25) is 19.6 Å². The van der Waals surface area contributed by atoms with Gasteiger partial charge in [0.2, 0.25) is 8.32 Å². The quantitative estimate of drug-likeness (QED) is 0.590. The second-order valence-corrected chi connectivity index (χ2v) is 10.6. The standard InChI is InChI=1S/C16H22O2Si/c1-6-11-16(2)12-15(18-19(3,4)5)13-9-7-8-10-14(13)17-16/h6-10,12H,1,11H2,2-5H3. The number of rotatable bonds is 4. The minimum atomic E-state index is -1.65. The molecule has 0 radical (unpaired) electrons. The average molecular weight is 274 g/mol. The van der Waals surface area contributed by atoms with E-state index in [0.717, 1.165) is 23.5 Å². The van der Waals surface area contributed by atoms with E-state index in [0.29, 0.717) is 0 Å². The molecule has 0 bridgehead atoms. The molecule has 1 unspecified atom stereocenters. The van der Waals surface area contributed by atoms with Crippen molar-refractivity contribution >= 4 is 14.1 Å². The Hall–Kier alpha value is -1.48. The predicted molar refractivity (Wildman–Crippen MR) is 82.7 cm³/mol. The van der Waals surface area contributed by atoms with Gasteiger partial charge in [-0.3, -0.25) is 0 Å². The Kier molecular flexibility index (Phi) is 3.59. The van der Waals surface area contributed by atoms with Crippen LogP contribution in [0.3, 0.4) is 0 Å². The van der Waals surface area contributed by atoms with Crippen LogP contribution < -0.4 is 4.74 Å². The monoisotopic (exact) mass is 274 g/mol. The third kappa shape index (κ3) is 3.29. The van der Waals surface area contributed by atoms with Gasteiger partial charge in [-0.1, -0.05) is 18.2 Å². The molecule has 0 fully saturated rings. The summed E-state index contributed by atoms with van der Waals surface area (Å²) in [5.41, 5.74) is 0.678. The molecule has 0 aromatic heterocycles. The molecule has 2 rings (SSSR count). The molecule has 2 nitrogen and oxygen atoms in total. The third-order valence-electron chi connectivity index (χ3n) is 2.90. The lowest BCUT2D eigenvalue weighted by Gasteiger charge is -2.35. The van der Waals surface area contributed by atoms with Crippen LogP contribution in [-0.2, 0) is 4.43 Å². The lowest BCUT2D eigenvalue weighted by Crippen LogP contribution is -2.34. The van der Waals surface area contributed by atoms with Gasteiger partial charge >= 0.3 is 0 Å². The van der Waals surface area contributed by atoms with Crippen molar-refractivity contribution in [3.8, 4) is 5.75 Å². The van der Waals surface area contributed by atoms with E-state index in [-0.39, 0.29) is 5.60 Å². The number of benzene rings is 1. The molecule has 0 amide bonds. The van der Waals surface area contributed by atoms with Crippen molar-refractivity contribution in [1.29, 1.82) is 0 Å². The van der Waals surface area contributed by atoms with E-state index in [1.54, 1.807) is 0 Å². The first-order valence-corrected chi connectivity index (χ1v) is 10.0. The lowest BCUT2D eigenvalue weighted by atomic mass is 9.96. The number of hydrogen-bond acceptors (Lipinski definition) is 2. The number of hydrogen-bond donors (Lipinski definition) is 0. The molecule has 1 aliphatic heterocycles. The van der Waals surface area contributed by atoms with Gasteiger partial charge in [-0.05, 0) is 38.7 Å². The molecule has 0 aliphatic carbocycles. The third-order valence-corrected chi connectivity index (χ3v) is 3.73. The van der Waals surface area contributed by atoms with Crippen LogP contribution in [0.5, 0.6) is 5.75 Å². The summed E-state index contributed by atoms with van der Waals surface area (Å²) in [5.74, 6) is 1.84.